The van der Waals surface area contributed by atoms with Crippen LogP contribution in [0.3, 0.4) is 0 Å². The maximum Gasteiger partial charge on any atom is 0.331 e. The molecule has 1 saturated heterocycles. The van der Waals surface area contributed by atoms with Gasteiger partial charge in [-0.1, -0.05) is 62.4 Å². The third-order valence-electron chi connectivity index (χ3n) is 5.05. The third-order valence-corrected chi connectivity index (χ3v) is 5.05. The first kappa shape index (κ1) is 19.6. The molecule has 3 aromatic rings. The van der Waals surface area contributed by atoms with Crippen LogP contribution in [0.15, 0.2) is 66.4 Å². The standard InChI is InChI=1S/C24H23N3O3/c1-16(2)13-26-15-18(19-10-6-7-11-21(19)26)12-20-22(28)25-24(30)27(23(20)29)14-17-8-4-3-5-9-17/h3-12,15-16H,13-14H2,1-2H3,(H,25,28,30)/b20-12+. The highest BCUT2D eigenvalue weighted by atomic mass is 16.2. The van der Waals surface area contributed by atoms with Crippen molar-refractivity contribution >= 4 is 34.8 Å². The van der Waals surface area contributed by atoms with Crippen LogP contribution >= 0.6 is 0 Å². The number of carbonyl (C=O) groups excluding carboxylic acids is 3. The molecule has 6 heteroatoms. The Morgan fingerprint density at radius 1 is 0.967 bits per heavy atom. The van der Waals surface area contributed by atoms with Gasteiger partial charge in [-0.05, 0) is 23.6 Å². The number of para-hydroxylation sites is 1. The molecular formula is C24H23N3O3. The van der Waals surface area contributed by atoms with Gasteiger partial charge >= 0.3 is 6.03 Å². The molecule has 152 valence electrons. The van der Waals surface area contributed by atoms with E-state index in [2.05, 4.69) is 23.7 Å². The molecule has 0 atom stereocenters. The number of benzene rings is 2. The molecule has 0 unspecified atom stereocenters. The smallest absolute Gasteiger partial charge is 0.331 e. The third kappa shape index (κ3) is 3.76. The summed E-state index contributed by atoms with van der Waals surface area (Å²) in [6.45, 7) is 5.20. The largest absolute Gasteiger partial charge is 0.347 e. The molecular weight excluding hydrogens is 378 g/mol. The lowest BCUT2D eigenvalue weighted by Gasteiger charge is -2.26. The summed E-state index contributed by atoms with van der Waals surface area (Å²) in [7, 11) is 0. The molecule has 1 N–H and O–H groups in total. The summed E-state index contributed by atoms with van der Waals surface area (Å²) in [5, 5.41) is 3.25. The molecule has 1 aromatic heterocycles. The first-order chi connectivity index (χ1) is 14.4. The van der Waals surface area contributed by atoms with Crippen LogP contribution in [0.4, 0.5) is 4.79 Å². The minimum Gasteiger partial charge on any atom is -0.347 e. The first-order valence-corrected chi connectivity index (χ1v) is 9.94. The van der Waals surface area contributed by atoms with Gasteiger partial charge in [0.05, 0.1) is 6.54 Å². The highest BCUT2D eigenvalue weighted by molar-refractivity contribution is 6.31. The van der Waals surface area contributed by atoms with E-state index in [1.165, 1.54) is 0 Å². The minimum absolute atomic E-state index is 0.0435. The van der Waals surface area contributed by atoms with Gasteiger partial charge in [0.1, 0.15) is 5.57 Å². The average molecular weight is 401 g/mol. The highest BCUT2D eigenvalue weighted by Crippen LogP contribution is 2.26. The monoisotopic (exact) mass is 401 g/mol. The van der Waals surface area contributed by atoms with E-state index in [0.717, 1.165) is 33.5 Å². The quantitative estimate of drug-likeness (QED) is 0.520. The molecule has 1 fully saturated rings. The molecule has 0 bridgehead atoms. The number of nitrogens with one attached hydrogen (secondary N) is 1. The molecule has 4 amide bonds. The zero-order valence-corrected chi connectivity index (χ0v) is 17.0. The Morgan fingerprint density at radius 3 is 2.40 bits per heavy atom. The Balaban J connectivity index is 1.73. The minimum atomic E-state index is -0.701. The molecule has 0 aliphatic carbocycles. The molecule has 0 radical (unpaired) electrons. The average Bonchev–Trinajstić information content (AvgIpc) is 3.06. The van der Waals surface area contributed by atoms with Crippen molar-refractivity contribution in [3.05, 3.63) is 77.5 Å². The number of aromatic nitrogens is 1. The second kappa shape index (κ2) is 7.99. The molecule has 2 heterocycles. The van der Waals surface area contributed by atoms with E-state index in [1.807, 2.05) is 60.8 Å². The normalized spacial score (nSPS) is 16.0. The topological polar surface area (TPSA) is 71.4 Å². The lowest BCUT2D eigenvalue weighted by atomic mass is 10.1. The summed E-state index contributed by atoms with van der Waals surface area (Å²) in [6, 6.07) is 16.4. The van der Waals surface area contributed by atoms with Crippen LogP contribution in [0.1, 0.15) is 25.0 Å². The summed E-state index contributed by atoms with van der Waals surface area (Å²) >= 11 is 0. The number of rotatable bonds is 5. The molecule has 1 aliphatic heterocycles. The van der Waals surface area contributed by atoms with Gasteiger partial charge in [0.2, 0.25) is 0 Å². The molecule has 30 heavy (non-hydrogen) atoms. The first-order valence-electron chi connectivity index (χ1n) is 9.94. The van der Waals surface area contributed by atoms with Crippen molar-refractivity contribution in [2.75, 3.05) is 0 Å². The molecule has 1 aliphatic rings. The number of fused-ring (bicyclic) bond motifs is 1. The summed E-state index contributed by atoms with van der Waals surface area (Å²) in [4.78, 5) is 38.9. The number of imide groups is 2. The number of hydrogen-bond acceptors (Lipinski definition) is 3. The van der Waals surface area contributed by atoms with Crippen molar-refractivity contribution < 1.29 is 14.4 Å². The van der Waals surface area contributed by atoms with Crippen LogP contribution in [0.5, 0.6) is 0 Å². The van der Waals surface area contributed by atoms with E-state index in [1.54, 1.807) is 6.08 Å². The van der Waals surface area contributed by atoms with Crippen molar-refractivity contribution in [1.29, 1.82) is 0 Å². The maximum absolute atomic E-state index is 13.0. The van der Waals surface area contributed by atoms with E-state index in [9.17, 15) is 14.4 Å². The van der Waals surface area contributed by atoms with Crippen LogP contribution in [0, 0.1) is 5.92 Å². The Morgan fingerprint density at radius 2 is 1.67 bits per heavy atom. The zero-order chi connectivity index (χ0) is 21.3. The van der Waals surface area contributed by atoms with Crippen LogP contribution in [-0.4, -0.2) is 27.3 Å². The fourth-order valence-corrected chi connectivity index (χ4v) is 3.69. The number of urea groups is 1. The molecule has 0 spiro atoms. The van der Waals surface area contributed by atoms with Gasteiger partial charge in [0.15, 0.2) is 0 Å². The summed E-state index contributed by atoms with van der Waals surface area (Å²) in [5.74, 6) is -0.816. The predicted octanol–water partition coefficient (Wildman–Crippen LogP) is 3.96. The second-order valence-corrected chi connectivity index (χ2v) is 7.84. The molecule has 6 nitrogen and oxygen atoms in total. The fourth-order valence-electron chi connectivity index (χ4n) is 3.69. The summed E-state index contributed by atoms with van der Waals surface area (Å²) in [5.41, 5.74) is 2.58. The SMILES string of the molecule is CC(C)Cn1cc(/C=C2\C(=O)NC(=O)N(Cc3ccccc3)C2=O)c2ccccc21. The van der Waals surface area contributed by atoms with Crippen LogP contribution in [-0.2, 0) is 22.7 Å². The fraction of sp³-hybridized carbons (Fsp3) is 0.208. The van der Waals surface area contributed by atoms with Crippen LogP contribution in [0.2, 0.25) is 0 Å². The number of amides is 4. The van der Waals surface area contributed by atoms with Crippen molar-refractivity contribution in [3.8, 4) is 0 Å². The molecule has 0 saturated carbocycles. The number of carbonyl (C=O) groups is 3. The Labute approximate surface area is 174 Å². The van der Waals surface area contributed by atoms with E-state index >= 15 is 0 Å². The van der Waals surface area contributed by atoms with Crippen molar-refractivity contribution in [2.24, 2.45) is 5.92 Å². The lowest BCUT2D eigenvalue weighted by Crippen LogP contribution is -2.53. The Bertz CT molecular complexity index is 1160. The van der Waals surface area contributed by atoms with E-state index in [-0.39, 0.29) is 12.1 Å². The lowest BCUT2D eigenvalue weighted by molar-refractivity contribution is -0.130. The van der Waals surface area contributed by atoms with Gasteiger partial charge in [0.25, 0.3) is 11.8 Å². The van der Waals surface area contributed by atoms with E-state index < -0.39 is 17.8 Å². The van der Waals surface area contributed by atoms with Gasteiger partial charge in [-0.15, -0.1) is 0 Å². The predicted molar refractivity (Wildman–Crippen MR) is 115 cm³/mol. The van der Waals surface area contributed by atoms with Crippen LogP contribution in [0.25, 0.3) is 17.0 Å². The van der Waals surface area contributed by atoms with Gasteiger partial charge < -0.3 is 4.57 Å². The van der Waals surface area contributed by atoms with Gasteiger partial charge in [0, 0.05) is 29.2 Å². The number of hydrogen-bond donors (Lipinski definition) is 1. The molecule has 2 aromatic carbocycles. The van der Waals surface area contributed by atoms with Crippen molar-refractivity contribution in [3.63, 3.8) is 0 Å². The van der Waals surface area contributed by atoms with Gasteiger partial charge in [-0.25, -0.2) is 4.79 Å². The van der Waals surface area contributed by atoms with Gasteiger partial charge in [-0.3, -0.25) is 19.8 Å². The summed E-state index contributed by atoms with van der Waals surface area (Å²) < 4.78 is 2.13. The number of barbiturate groups is 1. The summed E-state index contributed by atoms with van der Waals surface area (Å²) in [6.07, 6.45) is 3.54. The van der Waals surface area contributed by atoms with Crippen LogP contribution < -0.4 is 5.32 Å². The Hall–Kier alpha value is -3.67. The van der Waals surface area contributed by atoms with Gasteiger partial charge in [-0.2, -0.15) is 0 Å². The molecule has 4 rings (SSSR count). The van der Waals surface area contributed by atoms with Crippen molar-refractivity contribution in [1.82, 2.24) is 14.8 Å². The van der Waals surface area contributed by atoms with Crippen molar-refractivity contribution in [2.45, 2.75) is 26.9 Å². The van der Waals surface area contributed by atoms with E-state index in [0.29, 0.717) is 5.92 Å². The number of nitrogens with zero attached hydrogens (tertiary/aromatic N) is 2. The second-order valence-electron chi connectivity index (χ2n) is 7.84. The zero-order valence-electron chi connectivity index (χ0n) is 17.0. The van der Waals surface area contributed by atoms with E-state index in [4.69, 9.17) is 0 Å². The maximum atomic E-state index is 13.0. The highest BCUT2D eigenvalue weighted by Gasteiger charge is 2.35. The Kier molecular flexibility index (Phi) is 5.23.